The van der Waals surface area contributed by atoms with Crippen molar-refractivity contribution < 1.29 is 55.8 Å². The number of benzene rings is 2. The molecule has 4 rings (SSSR count). The number of rotatable bonds is 5. The lowest BCUT2D eigenvalue weighted by Crippen LogP contribution is -2.54. The van der Waals surface area contributed by atoms with Gasteiger partial charge in [-0.05, 0) is 18.6 Å². The van der Waals surface area contributed by atoms with Crippen LogP contribution in [0.1, 0.15) is 45.2 Å². The van der Waals surface area contributed by atoms with Gasteiger partial charge in [-0.25, -0.2) is 26.7 Å². The van der Waals surface area contributed by atoms with Gasteiger partial charge >= 0.3 is 5.97 Å². The topological polar surface area (TPSA) is 130 Å². The molecule has 2 aromatic rings. The summed E-state index contributed by atoms with van der Waals surface area (Å²) in [6.07, 6.45) is -3.21. The number of hydrogen-bond donors (Lipinski definition) is 2. The van der Waals surface area contributed by atoms with E-state index in [1.807, 2.05) is 5.32 Å². The molecule has 0 radical (unpaired) electrons. The zero-order valence-electron chi connectivity index (χ0n) is 17.0. The number of nitrogens with one attached hydrogen (secondary N) is 1. The van der Waals surface area contributed by atoms with Gasteiger partial charge in [0.1, 0.15) is 11.8 Å². The van der Waals surface area contributed by atoms with Gasteiger partial charge in [0.15, 0.2) is 23.3 Å². The summed E-state index contributed by atoms with van der Waals surface area (Å²) in [5.41, 5.74) is -2.80. The molecule has 9 nitrogen and oxygen atoms in total. The molecule has 4 amide bonds. The average molecular weight is 498 g/mol. The minimum absolute atomic E-state index is 0.186. The Bertz CT molecular complexity index is 1320. The van der Waals surface area contributed by atoms with Crippen LogP contribution in [-0.2, 0) is 14.4 Å². The van der Waals surface area contributed by atoms with Crippen molar-refractivity contribution in [3.63, 3.8) is 0 Å². The Morgan fingerprint density at radius 1 is 0.971 bits per heavy atom. The first kappa shape index (κ1) is 23.8. The largest absolute Gasteiger partial charge is 0.478 e. The highest BCUT2D eigenvalue weighted by atomic mass is 19.2. The number of imide groups is 2. The average Bonchev–Trinajstić information content (AvgIpc) is 3.06. The molecule has 35 heavy (non-hydrogen) atoms. The molecule has 14 heteroatoms. The highest BCUT2D eigenvalue weighted by molar-refractivity contribution is 6.24. The number of nitrogens with zero attached hydrogens (tertiary/aromatic N) is 1. The van der Waals surface area contributed by atoms with E-state index in [-0.39, 0.29) is 18.4 Å². The summed E-state index contributed by atoms with van der Waals surface area (Å²) in [5.74, 6) is -18.9. The van der Waals surface area contributed by atoms with Crippen LogP contribution in [-0.4, -0.2) is 45.6 Å². The number of carboxylic acid groups (broad SMARTS) is 1. The molecular formula is C21H11F5N2O7. The first-order chi connectivity index (χ1) is 16.5. The quantitative estimate of drug-likeness (QED) is 0.279. The molecule has 182 valence electrons. The highest BCUT2D eigenvalue weighted by Gasteiger charge is 2.46. The number of amides is 4. The molecule has 0 aliphatic carbocycles. The lowest BCUT2D eigenvalue weighted by molar-refractivity contribution is -0.145. The van der Waals surface area contributed by atoms with Gasteiger partial charge in [0.25, 0.3) is 11.8 Å². The fraction of sp³-hybridized carbons (Fsp3) is 0.190. The van der Waals surface area contributed by atoms with Gasteiger partial charge in [0, 0.05) is 6.42 Å². The predicted octanol–water partition coefficient (Wildman–Crippen LogP) is 1.99. The summed E-state index contributed by atoms with van der Waals surface area (Å²) in [7, 11) is 0. The zero-order valence-corrected chi connectivity index (χ0v) is 17.0. The van der Waals surface area contributed by atoms with Crippen molar-refractivity contribution >= 4 is 29.6 Å². The maximum Gasteiger partial charge on any atom is 0.349 e. The van der Waals surface area contributed by atoms with E-state index in [0.717, 1.165) is 18.2 Å². The molecule has 2 unspecified atom stereocenters. The molecule has 0 aromatic heterocycles. The van der Waals surface area contributed by atoms with E-state index in [1.165, 1.54) is 0 Å². The lowest BCUT2D eigenvalue weighted by Gasteiger charge is -2.27. The molecule has 0 bridgehead atoms. The van der Waals surface area contributed by atoms with Gasteiger partial charge in [0.2, 0.25) is 23.7 Å². The summed E-state index contributed by atoms with van der Waals surface area (Å²) < 4.78 is 74.2. The van der Waals surface area contributed by atoms with Crippen molar-refractivity contribution in [2.75, 3.05) is 0 Å². The van der Waals surface area contributed by atoms with Crippen LogP contribution in [0.15, 0.2) is 18.2 Å². The minimum Gasteiger partial charge on any atom is -0.478 e. The maximum absolute atomic E-state index is 14.2. The monoisotopic (exact) mass is 498 g/mol. The van der Waals surface area contributed by atoms with Crippen LogP contribution in [0, 0.1) is 29.1 Å². The van der Waals surface area contributed by atoms with E-state index >= 15 is 0 Å². The Balaban J connectivity index is 1.77. The van der Waals surface area contributed by atoms with Crippen LogP contribution in [0.2, 0.25) is 0 Å². The van der Waals surface area contributed by atoms with Gasteiger partial charge < -0.3 is 9.84 Å². The van der Waals surface area contributed by atoms with Crippen molar-refractivity contribution in [2.24, 2.45) is 0 Å². The van der Waals surface area contributed by atoms with Crippen molar-refractivity contribution in [1.82, 2.24) is 10.2 Å². The molecule has 0 saturated carbocycles. The smallest absolute Gasteiger partial charge is 0.349 e. The fourth-order valence-electron chi connectivity index (χ4n) is 3.79. The summed E-state index contributed by atoms with van der Waals surface area (Å²) in [6.45, 7) is 0. The highest BCUT2D eigenvalue weighted by Crippen LogP contribution is 2.37. The fourth-order valence-corrected chi connectivity index (χ4v) is 3.79. The Morgan fingerprint density at radius 2 is 1.57 bits per heavy atom. The zero-order chi connectivity index (χ0) is 25.8. The molecule has 2 atom stereocenters. The second-order valence-electron chi connectivity index (χ2n) is 7.45. The number of carbonyl (C=O) groups is 5. The number of piperidine rings is 1. The molecule has 2 N–H and O–H groups in total. The Hall–Kier alpha value is -4.36. The van der Waals surface area contributed by atoms with Gasteiger partial charge in [-0.2, -0.15) is 0 Å². The normalized spacial score (nSPS) is 18.4. The number of carbonyl (C=O) groups excluding carboxylic acids is 4. The summed E-state index contributed by atoms with van der Waals surface area (Å²) in [5, 5.41) is 11.4. The number of fused-ring (bicyclic) bond motifs is 1. The first-order valence-corrected chi connectivity index (χ1v) is 9.71. The van der Waals surface area contributed by atoms with Crippen molar-refractivity contribution in [3.8, 4) is 5.75 Å². The van der Waals surface area contributed by atoms with E-state index in [1.54, 1.807) is 0 Å². The van der Waals surface area contributed by atoms with Crippen LogP contribution < -0.4 is 10.1 Å². The van der Waals surface area contributed by atoms with Gasteiger partial charge in [-0.15, -0.1) is 0 Å². The molecule has 1 fully saturated rings. The lowest BCUT2D eigenvalue weighted by atomic mass is 10.0. The molecule has 2 aromatic carbocycles. The molecule has 2 aliphatic heterocycles. The van der Waals surface area contributed by atoms with E-state index in [9.17, 15) is 51.0 Å². The van der Waals surface area contributed by atoms with Crippen molar-refractivity contribution in [2.45, 2.75) is 25.0 Å². The second kappa shape index (κ2) is 8.45. The van der Waals surface area contributed by atoms with Crippen LogP contribution in [0.3, 0.4) is 0 Å². The van der Waals surface area contributed by atoms with E-state index in [4.69, 9.17) is 4.74 Å². The summed E-state index contributed by atoms with van der Waals surface area (Å²) in [6, 6.07) is 1.76. The van der Waals surface area contributed by atoms with E-state index in [2.05, 4.69) is 0 Å². The summed E-state index contributed by atoms with van der Waals surface area (Å²) in [4.78, 5) is 61.6. The van der Waals surface area contributed by atoms with Crippen LogP contribution in [0.25, 0.3) is 0 Å². The van der Waals surface area contributed by atoms with Crippen LogP contribution >= 0.6 is 0 Å². The molecule has 0 spiro atoms. The Morgan fingerprint density at radius 3 is 2.14 bits per heavy atom. The molecular weight excluding hydrogens is 487 g/mol. The SMILES string of the molecule is O=C1CCC(N2C(=O)c3cccc(OC(C(=O)O)c4c(F)c(F)c(F)c(F)c4F)c3C2=O)C(=O)N1. The number of carboxylic acids is 1. The number of aliphatic carboxylic acids is 1. The molecule has 1 saturated heterocycles. The maximum atomic E-state index is 14.2. The Labute approximate surface area is 191 Å². The van der Waals surface area contributed by atoms with E-state index in [0.29, 0.717) is 4.90 Å². The van der Waals surface area contributed by atoms with Crippen molar-refractivity contribution in [1.29, 1.82) is 0 Å². The third kappa shape index (κ3) is 3.66. The number of halogens is 5. The van der Waals surface area contributed by atoms with E-state index < -0.39 is 87.7 Å². The van der Waals surface area contributed by atoms with Gasteiger partial charge in [-0.1, -0.05) is 6.07 Å². The predicted molar refractivity (Wildman–Crippen MR) is 100 cm³/mol. The Kier molecular flexibility index (Phi) is 5.74. The third-order valence-corrected chi connectivity index (χ3v) is 5.40. The summed E-state index contributed by atoms with van der Waals surface area (Å²) >= 11 is 0. The number of ether oxygens (including phenoxy) is 1. The van der Waals surface area contributed by atoms with Crippen molar-refractivity contribution in [3.05, 3.63) is 64.0 Å². The van der Waals surface area contributed by atoms with Gasteiger partial charge in [0.05, 0.1) is 16.7 Å². The first-order valence-electron chi connectivity index (χ1n) is 9.71. The standard InChI is InChI=1S/C21H11F5N2O7/c22-12-11(13(23)15(25)16(26)14(12)24)17(21(33)34)35-8-3-1-2-6-10(8)20(32)28(19(6)31)7-4-5-9(29)27-18(7)30/h1-3,7,17H,4-5H2,(H,33,34)(H,27,29,30). The number of hydrogen-bond acceptors (Lipinski definition) is 6. The molecule has 2 aliphatic rings. The minimum atomic E-state index is -2.82. The van der Waals surface area contributed by atoms with Crippen LogP contribution in [0.5, 0.6) is 5.75 Å². The molecule has 2 heterocycles. The second-order valence-corrected chi connectivity index (χ2v) is 7.45. The van der Waals surface area contributed by atoms with Crippen LogP contribution in [0.4, 0.5) is 22.0 Å². The van der Waals surface area contributed by atoms with Gasteiger partial charge in [-0.3, -0.25) is 29.4 Å². The third-order valence-electron chi connectivity index (χ3n) is 5.40.